The van der Waals surface area contributed by atoms with Crippen LogP contribution in [0.4, 0.5) is 0 Å². The molecule has 2 aromatic carbocycles. The zero-order valence-corrected chi connectivity index (χ0v) is 44.5. The Balaban J connectivity index is 0.00000132. The summed E-state index contributed by atoms with van der Waals surface area (Å²) < 4.78 is 91.2. The van der Waals surface area contributed by atoms with Gasteiger partial charge in [0.25, 0.3) is 0 Å². The number of carbonyl (C=O) groups excluding carboxylic acids is 4. The van der Waals surface area contributed by atoms with E-state index in [1.165, 1.54) is 24.3 Å². The van der Waals surface area contributed by atoms with Crippen molar-refractivity contribution in [1.82, 2.24) is 0 Å². The summed E-state index contributed by atoms with van der Waals surface area (Å²) in [6, 6.07) is 7.00. The van der Waals surface area contributed by atoms with E-state index in [-0.39, 0.29) is 75.3 Å². The summed E-state index contributed by atoms with van der Waals surface area (Å²) in [5, 5.41) is 0. The number of hydrogen-bond donors (Lipinski definition) is 0. The van der Waals surface area contributed by atoms with E-state index in [9.17, 15) is 45.1 Å². The maximum Gasteiger partial charge on any atom is 2.00 e. The van der Waals surface area contributed by atoms with Crippen LogP contribution in [0.25, 0.3) is 0 Å². The quantitative estimate of drug-likeness (QED) is 0.0153. The second-order valence-electron chi connectivity index (χ2n) is 16.2. The fraction of sp³-hybridized carbons (Fsp3) is 0.538. The van der Waals surface area contributed by atoms with Crippen LogP contribution in [0, 0.1) is 0 Å². The predicted molar refractivity (Wildman–Crippen MR) is 267 cm³/mol. The van der Waals surface area contributed by atoms with Gasteiger partial charge in [0.2, 0.25) is 0 Å². The SMILES string of the molecule is C=CCCCCCCCOC(=O)c1cccc(S(=O)(=O)[O-])c1C(=O)OCCCCCCCC=C.C=CCCCCCCCOC(=O)c1cccc(S(=O)(=O)[O-])c1C(=O)OCCCCCCCC=C.[Ca+2]. The van der Waals surface area contributed by atoms with Crippen LogP contribution in [0.2, 0.25) is 0 Å². The molecule has 0 N–H and O–H groups in total. The topological polar surface area (TPSA) is 220 Å². The average Bonchev–Trinajstić information content (AvgIpc) is 3.31. The van der Waals surface area contributed by atoms with Gasteiger partial charge in [-0.2, -0.15) is 0 Å². The smallest absolute Gasteiger partial charge is 0.744 e. The number of ether oxygens (including phenoxy) is 4. The molecule has 0 fully saturated rings. The number of carbonyl (C=O) groups is 4. The number of rotatable bonds is 38. The van der Waals surface area contributed by atoms with Gasteiger partial charge >= 0.3 is 61.6 Å². The Morgan fingerprint density at radius 1 is 0.391 bits per heavy atom. The van der Waals surface area contributed by atoms with Crippen molar-refractivity contribution in [3.8, 4) is 0 Å². The van der Waals surface area contributed by atoms with Gasteiger partial charge in [0.15, 0.2) is 0 Å². The molecule has 0 aliphatic rings. The van der Waals surface area contributed by atoms with Crippen molar-refractivity contribution in [2.75, 3.05) is 26.4 Å². The molecule has 0 saturated carbocycles. The maximum atomic E-state index is 12.7. The third-order valence-electron chi connectivity index (χ3n) is 10.6. The minimum Gasteiger partial charge on any atom is -0.744 e. The summed E-state index contributed by atoms with van der Waals surface area (Å²) in [5.74, 6) is -3.75. The molecule has 0 unspecified atom stereocenters. The Kier molecular flexibility index (Phi) is 37.9. The first-order valence-electron chi connectivity index (χ1n) is 23.9. The van der Waals surface area contributed by atoms with Crippen molar-refractivity contribution in [1.29, 1.82) is 0 Å². The number of hydrogen-bond acceptors (Lipinski definition) is 14. The number of unbranched alkanes of at least 4 members (excludes halogenated alkanes) is 20. The summed E-state index contributed by atoms with van der Waals surface area (Å²) in [6.45, 7) is 15.1. The molecule has 14 nitrogen and oxygen atoms in total. The van der Waals surface area contributed by atoms with E-state index in [0.29, 0.717) is 25.7 Å². The number of esters is 4. The molecule has 0 heterocycles. The maximum absolute atomic E-state index is 12.7. The summed E-state index contributed by atoms with van der Waals surface area (Å²) in [4.78, 5) is 48.9. The molecular formula is C52H74CaO14S2. The van der Waals surface area contributed by atoms with E-state index in [1.54, 1.807) is 0 Å². The van der Waals surface area contributed by atoms with Crippen LogP contribution < -0.4 is 0 Å². The van der Waals surface area contributed by atoms with Crippen molar-refractivity contribution in [2.45, 2.75) is 164 Å². The summed E-state index contributed by atoms with van der Waals surface area (Å²) in [5.41, 5.74) is -1.68. The zero-order valence-electron chi connectivity index (χ0n) is 40.6. The van der Waals surface area contributed by atoms with Gasteiger partial charge in [-0.05, 0) is 101 Å². The van der Waals surface area contributed by atoms with Crippen molar-refractivity contribution in [2.24, 2.45) is 0 Å². The van der Waals surface area contributed by atoms with Gasteiger partial charge < -0.3 is 28.1 Å². The molecule has 0 radical (unpaired) electrons. The molecule has 0 saturated heterocycles. The molecule has 0 bridgehead atoms. The van der Waals surface area contributed by atoms with Gasteiger partial charge in [-0.25, -0.2) is 36.0 Å². The van der Waals surface area contributed by atoms with Gasteiger partial charge in [-0.1, -0.05) is 113 Å². The molecule has 0 atom stereocenters. The zero-order chi connectivity index (χ0) is 50.5. The van der Waals surface area contributed by atoms with Gasteiger partial charge in [0.05, 0.1) is 58.5 Å². The van der Waals surface area contributed by atoms with Gasteiger partial charge in [0, 0.05) is 0 Å². The molecule has 0 aromatic heterocycles. The van der Waals surface area contributed by atoms with Crippen molar-refractivity contribution in [3.63, 3.8) is 0 Å². The van der Waals surface area contributed by atoms with Crippen LogP contribution in [0.5, 0.6) is 0 Å². The van der Waals surface area contributed by atoms with E-state index < -0.39 is 65.0 Å². The van der Waals surface area contributed by atoms with E-state index in [1.807, 2.05) is 24.3 Å². The first-order chi connectivity index (χ1) is 32.6. The van der Waals surface area contributed by atoms with Gasteiger partial charge in [0.1, 0.15) is 20.2 Å². The third-order valence-corrected chi connectivity index (χ3v) is 12.3. The molecule has 0 spiro atoms. The normalized spacial score (nSPS) is 10.9. The largest absolute Gasteiger partial charge is 2.00 e. The minimum atomic E-state index is -5.00. The summed E-state index contributed by atoms with van der Waals surface area (Å²) in [7, 11) is -9.99. The average molecular weight is 1030 g/mol. The van der Waals surface area contributed by atoms with Crippen LogP contribution in [0.15, 0.2) is 96.8 Å². The third kappa shape index (κ3) is 29.3. The fourth-order valence-electron chi connectivity index (χ4n) is 6.88. The number of benzene rings is 2. The van der Waals surface area contributed by atoms with E-state index >= 15 is 0 Å². The Morgan fingerprint density at radius 2 is 0.623 bits per heavy atom. The summed E-state index contributed by atoms with van der Waals surface area (Å²) in [6.07, 6.45) is 29.7. The Morgan fingerprint density at radius 3 is 0.870 bits per heavy atom. The van der Waals surface area contributed by atoms with E-state index in [4.69, 9.17) is 18.9 Å². The molecule has 0 aliphatic carbocycles. The van der Waals surface area contributed by atoms with Crippen LogP contribution in [0.1, 0.15) is 196 Å². The molecular weight excluding hydrogens is 953 g/mol. The fourth-order valence-corrected chi connectivity index (χ4v) is 8.26. The Labute approximate surface area is 442 Å². The molecule has 380 valence electrons. The Bertz CT molecular complexity index is 1940. The van der Waals surface area contributed by atoms with Crippen LogP contribution in [-0.2, 0) is 39.2 Å². The molecule has 69 heavy (non-hydrogen) atoms. The molecule has 2 rings (SSSR count). The predicted octanol–water partition coefficient (Wildman–Crippen LogP) is 11.5. The van der Waals surface area contributed by atoms with Gasteiger partial charge in [-0.3, -0.25) is 0 Å². The first kappa shape index (κ1) is 65.4. The van der Waals surface area contributed by atoms with Crippen LogP contribution in [-0.4, -0.2) is 114 Å². The molecule has 0 aliphatic heterocycles. The van der Waals surface area contributed by atoms with Crippen molar-refractivity contribution >= 4 is 81.9 Å². The summed E-state index contributed by atoms with van der Waals surface area (Å²) >= 11 is 0. The standard InChI is InChI=1S/2C26H38O7S.Ca/c2*1-3-5-7-9-11-13-15-20-32-25(27)22-18-17-19-23(34(29,30)31)24(22)26(28)33-21-16-14-12-10-8-6-4-2;/h2*3-4,17-19H,1-2,5-16,20-21H2,(H,29,30,31);/q;;+2/p-2. The minimum absolute atomic E-state index is 0. The number of allylic oxidation sites excluding steroid dienone is 4. The van der Waals surface area contributed by atoms with Crippen LogP contribution in [0.3, 0.4) is 0 Å². The Hall–Kier alpha value is -3.64. The molecule has 17 heteroatoms. The monoisotopic (exact) mass is 1030 g/mol. The van der Waals surface area contributed by atoms with E-state index in [2.05, 4.69) is 26.3 Å². The van der Waals surface area contributed by atoms with Crippen molar-refractivity contribution < 1.29 is 64.1 Å². The molecule has 2 aromatic rings. The van der Waals surface area contributed by atoms with Crippen molar-refractivity contribution in [3.05, 3.63) is 109 Å². The van der Waals surface area contributed by atoms with Crippen LogP contribution >= 0.6 is 0 Å². The van der Waals surface area contributed by atoms with E-state index in [0.717, 1.165) is 141 Å². The first-order valence-corrected chi connectivity index (χ1v) is 26.8. The second-order valence-corrected chi connectivity index (χ2v) is 18.9. The second kappa shape index (κ2) is 40.0. The van der Waals surface area contributed by atoms with Gasteiger partial charge in [-0.15, -0.1) is 26.3 Å². The molecule has 0 amide bonds.